The summed E-state index contributed by atoms with van der Waals surface area (Å²) >= 11 is 1.59. The number of aliphatic hydroxyl groups excluding tert-OH is 1. The lowest BCUT2D eigenvalue weighted by atomic mass is 9.76. The number of fused-ring (bicyclic) bond motifs is 1. The van der Waals surface area contributed by atoms with Gasteiger partial charge in [-0.25, -0.2) is 9.97 Å². The van der Waals surface area contributed by atoms with Crippen molar-refractivity contribution in [2.24, 2.45) is 5.92 Å². The largest absolute Gasteiger partial charge is 0.492 e. The van der Waals surface area contributed by atoms with Crippen LogP contribution in [-0.4, -0.2) is 51.6 Å². The van der Waals surface area contributed by atoms with Crippen LogP contribution in [0.5, 0.6) is 11.6 Å². The summed E-state index contributed by atoms with van der Waals surface area (Å²) in [6.07, 6.45) is 4.94. The van der Waals surface area contributed by atoms with E-state index in [4.69, 9.17) is 9.39 Å². The number of hydrogen-bond donors (Lipinski definition) is 2. The third-order valence-electron chi connectivity index (χ3n) is 4.46. The number of benzene rings is 1. The highest BCUT2D eigenvalue weighted by Crippen LogP contribution is 2.26. The fourth-order valence-electron chi connectivity index (χ4n) is 3.00. The van der Waals surface area contributed by atoms with Gasteiger partial charge in [-0.1, -0.05) is 6.07 Å². The second-order valence-corrected chi connectivity index (χ2v) is 7.31. The molecule has 0 amide bonds. The van der Waals surface area contributed by atoms with Gasteiger partial charge in [-0.2, -0.15) is 11.8 Å². The number of Topliss-reactive ketones (excluding diaryl/α,β-unsaturated/α-hetero) is 1. The Morgan fingerprint density at radius 3 is 2.89 bits per heavy atom. The van der Waals surface area contributed by atoms with Crippen molar-refractivity contribution in [3.8, 4) is 11.6 Å². The van der Waals surface area contributed by atoms with E-state index in [0.717, 1.165) is 16.6 Å². The number of hydrogen-bond acceptors (Lipinski definition) is 8. The first-order valence-electron chi connectivity index (χ1n) is 8.58. The molecule has 142 valence electrons. The summed E-state index contributed by atoms with van der Waals surface area (Å²) in [5.74, 6) is 1.27. The molecule has 7 nitrogen and oxygen atoms in total. The Balaban J connectivity index is 1.70. The molecule has 1 aliphatic rings. The number of aliphatic hydroxyl groups is 1. The van der Waals surface area contributed by atoms with Gasteiger partial charge in [0.2, 0.25) is 5.88 Å². The fraction of sp³-hybridized carbons (Fsp3) is 0.389. The van der Waals surface area contributed by atoms with Crippen molar-refractivity contribution in [3.63, 3.8) is 0 Å². The topological polar surface area (TPSA) is 102 Å². The van der Waals surface area contributed by atoms with E-state index >= 15 is 0 Å². The molecule has 0 bridgehead atoms. The molecule has 0 unspecified atom stereocenters. The van der Waals surface area contributed by atoms with Gasteiger partial charge in [0, 0.05) is 13.0 Å². The van der Waals surface area contributed by atoms with Crippen molar-refractivity contribution in [3.05, 3.63) is 41.3 Å². The zero-order valence-electron chi connectivity index (χ0n) is 15.2. The Morgan fingerprint density at radius 1 is 1.41 bits per heavy atom. The van der Waals surface area contributed by atoms with Crippen LogP contribution in [0, 0.1) is 12.8 Å². The summed E-state index contributed by atoms with van der Waals surface area (Å²) in [5.41, 5.74) is 2.68. The fourth-order valence-corrected chi connectivity index (χ4v) is 3.70. The van der Waals surface area contributed by atoms with Crippen molar-refractivity contribution in [2.75, 3.05) is 18.6 Å². The van der Waals surface area contributed by atoms with Crippen LogP contribution in [0.1, 0.15) is 28.0 Å². The third kappa shape index (κ3) is 4.49. The van der Waals surface area contributed by atoms with Crippen LogP contribution in [0.3, 0.4) is 0 Å². The number of rotatable bonds is 8. The number of carbonyl (C=O) groups excluding carboxylic acids is 1. The van der Waals surface area contributed by atoms with E-state index in [-0.39, 0.29) is 36.3 Å². The van der Waals surface area contributed by atoms with Crippen LogP contribution in [-0.2, 0) is 11.3 Å². The van der Waals surface area contributed by atoms with E-state index in [1.807, 2.05) is 19.2 Å². The Hall–Kier alpha value is -1.94. The molecule has 0 fully saturated rings. The molecule has 1 aliphatic heterocycles. The second kappa shape index (κ2) is 8.84. The highest BCUT2D eigenvalue weighted by atomic mass is 32.2. The summed E-state index contributed by atoms with van der Waals surface area (Å²) in [5, 5.41) is 19.2. The second-order valence-electron chi connectivity index (χ2n) is 6.40. The molecular weight excluding hydrogens is 367 g/mol. The van der Waals surface area contributed by atoms with E-state index in [9.17, 15) is 14.9 Å². The van der Waals surface area contributed by atoms with E-state index in [0.29, 0.717) is 18.1 Å². The molecule has 2 N–H and O–H groups in total. The summed E-state index contributed by atoms with van der Waals surface area (Å²) in [6, 6.07) is 3.64. The van der Waals surface area contributed by atoms with Gasteiger partial charge < -0.3 is 19.5 Å². The molecule has 0 radical (unpaired) electrons. The standard InChI is InChI=1S/C18H21BN2O5S/c1-11-16(4-3-13-9-25-19(24)18(11)13)26-17-7-20-14(6-21-17)15(23)5-12(8-22)10-27-2/h3-4,6-7,12,22,24H,5,8-10H2,1-2H3/t12-/m0/s1. The number of nitrogens with zero attached hydrogens (tertiary/aromatic N) is 2. The quantitative estimate of drug-likeness (QED) is 0.516. The Bertz CT molecular complexity index is 818. The smallest absolute Gasteiger partial charge is 0.437 e. The van der Waals surface area contributed by atoms with Crippen molar-refractivity contribution in [2.45, 2.75) is 20.0 Å². The predicted octanol–water partition coefficient (Wildman–Crippen LogP) is 1.34. The Labute approximate surface area is 162 Å². The molecule has 1 aromatic heterocycles. The lowest BCUT2D eigenvalue weighted by molar-refractivity contribution is 0.0939. The minimum atomic E-state index is -0.949. The van der Waals surface area contributed by atoms with E-state index in [1.54, 1.807) is 17.8 Å². The molecule has 2 aromatic rings. The SMILES string of the molecule is CSC[C@H](CO)CC(=O)c1cnc(Oc2ccc3c(c2C)B(O)OC3)cn1. The molecule has 1 atom stereocenters. The van der Waals surface area contributed by atoms with E-state index in [2.05, 4.69) is 9.97 Å². The minimum absolute atomic E-state index is 0.0334. The summed E-state index contributed by atoms with van der Waals surface area (Å²) in [4.78, 5) is 20.6. The van der Waals surface area contributed by atoms with E-state index < -0.39 is 7.12 Å². The maximum Gasteiger partial charge on any atom is 0.492 e. The molecule has 3 rings (SSSR count). The highest BCUT2D eigenvalue weighted by molar-refractivity contribution is 7.98. The normalized spacial score (nSPS) is 14.1. The zero-order valence-corrected chi connectivity index (χ0v) is 16.0. The lowest BCUT2D eigenvalue weighted by Gasteiger charge is -2.12. The van der Waals surface area contributed by atoms with Gasteiger partial charge in [-0.3, -0.25) is 4.79 Å². The summed E-state index contributed by atoms with van der Waals surface area (Å²) in [6.45, 7) is 2.19. The van der Waals surface area contributed by atoms with Crippen LogP contribution in [0.2, 0.25) is 0 Å². The van der Waals surface area contributed by atoms with Crippen LogP contribution in [0.4, 0.5) is 0 Å². The molecule has 0 spiro atoms. The molecule has 9 heteroatoms. The van der Waals surface area contributed by atoms with Gasteiger partial charge in [-0.15, -0.1) is 0 Å². The number of ketones is 1. The maximum atomic E-state index is 12.3. The van der Waals surface area contributed by atoms with Crippen molar-refractivity contribution in [1.29, 1.82) is 0 Å². The van der Waals surface area contributed by atoms with Crippen LogP contribution < -0.4 is 10.2 Å². The van der Waals surface area contributed by atoms with Gasteiger partial charge in [-0.05, 0) is 47.5 Å². The molecular formula is C18H21BN2O5S. The van der Waals surface area contributed by atoms with Crippen molar-refractivity contribution in [1.82, 2.24) is 9.97 Å². The molecule has 0 saturated heterocycles. The van der Waals surface area contributed by atoms with Crippen LogP contribution >= 0.6 is 11.8 Å². The lowest BCUT2D eigenvalue weighted by Crippen LogP contribution is -2.30. The number of thioether (sulfide) groups is 1. The Kier molecular flexibility index (Phi) is 6.48. The van der Waals surface area contributed by atoms with Gasteiger partial charge in [0.05, 0.1) is 19.0 Å². The molecule has 1 aromatic carbocycles. The van der Waals surface area contributed by atoms with Crippen LogP contribution in [0.25, 0.3) is 0 Å². The average Bonchev–Trinajstić information content (AvgIpc) is 3.05. The minimum Gasteiger partial charge on any atom is -0.437 e. The summed E-state index contributed by atoms with van der Waals surface area (Å²) < 4.78 is 11.0. The first kappa shape index (κ1) is 19.8. The summed E-state index contributed by atoms with van der Waals surface area (Å²) in [7, 11) is -0.949. The molecule has 0 aliphatic carbocycles. The Morgan fingerprint density at radius 2 is 2.22 bits per heavy atom. The zero-order chi connectivity index (χ0) is 19.4. The third-order valence-corrected chi connectivity index (χ3v) is 5.27. The molecule has 2 heterocycles. The number of carbonyl (C=O) groups is 1. The van der Waals surface area contributed by atoms with Gasteiger partial charge >= 0.3 is 7.12 Å². The predicted molar refractivity (Wildman–Crippen MR) is 104 cm³/mol. The van der Waals surface area contributed by atoms with Gasteiger partial charge in [0.1, 0.15) is 11.4 Å². The monoisotopic (exact) mass is 388 g/mol. The maximum absolute atomic E-state index is 12.3. The van der Waals surface area contributed by atoms with Crippen molar-refractivity contribution < 1.29 is 24.3 Å². The number of ether oxygens (including phenoxy) is 1. The molecule has 27 heavy (non-hydrogen) atoms. The van der Waals surface area contributed by atoms with Gasteiger partial charge in [0.15, 0.2) is 5.78 Å². The highest BCUT2D eigenvalue weighted by Gasteiger charge is 2.30. The average molecular weight is 388 g/mol. The van der Waals surface area contributed by atoms with Crippen molar-refractivity contribution >= 4 is 30.1 Å². The van der Waals surface area contributed by atoms with Crippen LogP contribution in [0.15, 0.2) is 24.5 Å². The first-order chi connectivity index (χ1) is 13.0. The number of aromatic nitrogens is 2. The molecule has 0 saturated carbocycles. The van der Waals surface area contributed by atoms with E-state index in [1.165, 1.54) is 12.4 Å². The van der Waals surface area contributed by atoms with Gasteiger partial charge in [0.25, 0.3) is 0 Å². The first-order valence-corrected chi connectivity index (χ1v) is 9.97.